The van der Waals surface area contributed by atoms with Crippen molar-refractivity contribution in [3.63, 3.8) is 0 Å². The van der Waals surface area contributed by atoms with Crippen LogP contribution in [0.4, 0.5) is 0 Å². The average molecular weight is 273 g/mol. The molecule has 2 unspecified atom stereocenters. The molecule has 1 N–H and O–H groups in total. The number of carbonyl (C=O) groups excluding carboxylic acids is 1. The lowest BCUT2D eigenvalue weighted by Gasteiger charge is -2.39. The van der Waals surface area contributed by atoms with Crippen LogP contribution in [0, 0.1) is 0 Å². The lowest BCUT2D eigenvalue weighted by molar-refractivity contribution is -0.158. The van der Waals surface area contributed by atoms with Gasteiger partial charge >= 0.3 is 5.97 Å². The number of esters is 1. The summed E-state index contributed by atoms with van der Waals surface area (Å²) in [5, 5.41) is 3.33. The monoisotopic (exact) mass is 273 g/mol. The molecule has 0 amide bonds. The van der Waals surface area contributed by atoms with Gasteiger partial charge in [0.25, 0.3) is 0 Å². The smallest absolute Gasteiger partial charge is 0.326 e. The summed E-state index contributed by atoms with van der Waals surface area (Å²) in [5.74, 6) is -0.157. The molecule has 0 spiro atoms. The number of ether oxygens (including phenoxy) is 3. The first-order valence-corrected chi connectivity index (χ1v) is 7.21. The van der Waals surface area contributed by atoms with Gasteiger partial charge in [0.15, 0.2) is 0 Å². The van der Waals surface area contributed by atoms with Crippen molar-refractivity contribution in [1.29, 1.82) is 0 Å². The van der Waals surface area contributed by atoms with Crippen molar-refractivity contribution >= 4 is 5.97 Å². The van der Waals surface area contributed by atoms with Gasteiger partial charge in [0.1, 0.15) is 5.54 Å². The molecule has 0 saturated carbocycles. The van der Waals surface area contributed by atoms with Gasteiger partial charge < -0.3 is 14.2 Å². The second kappa shape index (κ2) is 8.51. The van der Waals surface area contributed by atoms with Gasteiger partial charge in [-0.1, -0.05) is 13.3 Å². The van der Waals surface area contributed by atoms with Crippen molar-refractivity contribution in [2.45, 2.75) is 51.2 Å². The molecule has 1 aliphatic rings. The molecule has 112 valence electrons. The number of methoxy groups -OCH3 is 1. The highest BCUT2D eigenvalue weighted by Gasteiger charge is 2.44. The Balaban J connectivity index is 2.69. The second-order valence-corrected chi connectivity index (χ2v) is 4.96. The van der Waals surface area contributed by atoms with Crippen molar-refractivity contribution in [3.05, 3.63) is 0 Å². The number of nitrogens with one attached hydrogen (secondary N) is 1. The Morgan fingerprint density at radius 1 is 1.47 bits per heavy atom. The molecule has 0 aromatic carbocycles. The van der Waals surface area contributed by atoms with Crippen LogP contribution in [0.15, 0.2) is 0 Å². The van der Waals surface area contributed by atoms with Crippen LogP contribution in [-0.4, -0.2) is 51.1 Å². The highest BCUT2D eigenvalue weighted by atomic mass is 16.5. The Morgan fingerprint density at radius 3 is 2.89 bits per heavy atom. The Bertz CT molecular complexity index is 270. The molecule has 2 atom stereocenters. The minimum Gasteiger partial charge on any atom is -0.465 e. The molecule has 5 heteroatoms. The number of carbonyl (C=O) groups is 1. The van der Waals surface area contributed by atoms with E-state index in [-0.39, 0.29) is 12.1 Å². The third-order valence-electron chi connectivity index (χ3n) is 3.50. The summed E-state index contributed by atoms with van der Waals surface area (Å²) >= 11 is 0. The maximum absolute atomic E-state index is 12.3. The molecule has 1 rings (SSSR count). The maximum atomic E-state index is 12.3. The fraction of sp³-hybridized carbons (Fsp3) is 0.929. The maximum Gasteiger partial charge on any atom is 0.326 e. The standard InChI is InChI=1S/C14H27NO4/c1-4-6-12-11-14(7-9-19-12,13(16)18-5-2)15-8-10-17-3/h12,15H,4-11H2,1-3H3. The number of hydrogen-bond donors (Lipinski definition) is 1. The SMILES string of the molecule is CCCC1CC(NCCOC)(C(=O)OCC)CCO1. The van der Waals surface area contributed by atoms with Crippen molar-refractivity contribution in [3.8, 4) is 0 Å². The van der Waals surface area contributed by atoms with Crippen LogP contribution in [-0.2, 0) is 19.0 Å². The Kier molecular flexibility index (Phi) is 7.34. The van der Waals surface area contributed by atoms with Gasteiger partial charge in [0.2, 0.25) is 0 Å². The van der Waals surface area contributed by atoms with E-state index in [1.807, 2.05) is 6.92 Å². The molecule has 1 heterocycles. The molecular formula is C14H27NO4. The quantitative estimate of drug-likeness (QED) is 0.536. The fourth-order valence-electron chi connectivity index (χ4n) is 2.54. The Hall–Kier alpha value is -0.650. The van der Waals surface area contributed by atoms with Gasteiger partial charge in [-0.3, -0.25) is 10.1 Å². The molecule has 0 aromatic heterocycles. The summed E-state index contributed by atoms with van der Waals surface area (Å²) in [5.41, 5.74) is -0.605. The van der Waals surface area contributed by atoms with Crippen LogP contribution in [0.5, 0.6) is 0 Å². The second-order valence-electron chi connectivity index (χ2n) is 4.96. The topological polar surface area (TPSA) is 56.8 Å². The predicted molar refractivity (Wildman–Crippen MR) is 73.1 cm³/mol. The van der Waals surface area contributed by atoms with Crippen LogP contribution in [0.1, 0.15) is 39.5 Å². The Morgan fingerprint density at radius 2 is 2.26 bits per heavy atom. The van der Waals surface area contributed by atoms with Gasteiger partial charge in [-0.15, -0.1) is 0 Å². The molecule has 0 bridgehead atoms. The van der Waals surface area contributed by atoms with Crippen molar-refractivity contribution < 1.29 is 19.0 Å². The lowest BCUT2D eigenvalue weighted by atomic mass is 9.85. The largest absolute Gasteiger partial charge is 0.465 e. The van der Waals surface area contributed by atoms with Crippen molar-refractivity contribution in [2.75, 3.05) is 33.5 Å². The summed E-state index contributed by atoms with van der Waals surface area (Å²) in [7, 11) is 1.66. The molecule has 0 aliphatic carbocycles. The van der Waals surface area contributed by atoms with Crippen LogP contribution >= 0.6 is 0 Å². The molecular weight excluding hydrogens is 246 g/mol. The molecule has 19 heavy (non-hydrogen) atoms. The fourth-order valence-corrected chi connectivity index (χ4v) is 2.54. The summed E-state index contributed by atoms with van der Waals surface area (Å²) in [4.78, 5) is 12.3. The summed E-state index contributed by atoms with van der Waals surface area (Å²) < 4.78 is 16.0. The minimum absolute atomic E-state index is 0.137. The van der Waals surface area contributed by atoms with Crippen LogP contribution in [0.3, 0.4) is 0 Å². The third kappa shape index (κ3) is 4.75. The predicted octanol–water partition coefficient (Wildman–Crippen LogP) is 1.50. The van der Waals surface area contributed by atoms with Gasteiger partial charge in [-0.05, 0) is 19.8 Å². The van der Waals surface area contributed by atoms with Crippen LogP contribution in [0.2, 0.25) is 0 Å². The van der Waals surface area contributed by atoms with E-state index >= 15 is 0 Å². The first-order valence-electron chi connectivity index (χ1n) is 7.21. The van der Waals surface area contributed by atoms with Gasteiger partial charge in [-0.25, -0.2) is 0 Å². The third-order valence-corrected chi connectivity index (χ3v) is 3.50. The summed E-state index contributed by atoms with van der Waals surface area (Å²) in [6.45, 7) is 6.20. The summed E-state index contributed by atoms with van der Waals surface area (Å²) in [6.07, 6.45) is 3.52. The van der Waals surface area contributed by atoms with Gasteiger partial charge in [0, 0.05) is 26.7 Å². The first kappa shape index (κ1) is 16.4. The summed E-state index contributed by atoms with van der Waals surface area (Å²) in [6, 6.07) is 0. The van der Waals surface area contributed by atoms with Gasteiger partial charge in [-0.2, -0.15) is 0 Å². The first-order chi connectivity index (χ1) is 9.18. The van der Waals surface area contributed by atoms with Crippen molar-refractivity contribution in [1.82, 2.24) is 5.32 Å². The average Bonchev–Trinajstić information content (AvgIpc) is 2.40. The van der Waals surface area contributed by atoms with E-state index < -0.39 is 5.54 Å². The molecule has 1 saturated heterocycles. The van der Waals surface area contributed by atoms with E-state index in [1.165, 1.54) is 0 Å². The zero-order chi connectivity index (χ0) is 14.1. The lowest BCUT2D eigenvalue weighted by Crippen LogP contribution is -2.58. The zero-order valence-corrected chi connectivity index (χ0v) is 12.4. The van der Waals surface area contributed by atoms with Crippen LogP contribution < -0.4 is 5.32 Å². The number of rotatable bonds is 8. The van der Waals surface area contributed by atoms with Crippen molar-refractivity contribution in [2.24, 2.45) is 0 Å². The van der Waals surface area contributed by atoms with E-state index in [9.17, 15) is 4.79 Å². The van der Waals surface area contributed by atoms with E-state index in [2.05, 4.69) is 12.2 Å². The van der Waals surface area contributed by atoms with Gasteiger partial charge in [0.05, 0.1) is 19.3 Å². The molecule has 1 fully saturated rings. The highest BCUT2D eigenvalue weighted by molar-refractivity contribution is 5.81. The molecule has 1 aliphatic heterocycles. The van der Waals surface area contributed by atoms with E-state index in [4.69, 9.17) is 14.2 Å². The van der Waals surface area contributed by atoms with Crippen LogP contribution in [0.25, 0.3) is 0 Å². The zero-order valence-electron chi connectivity index (χ0n) is 12.4. The minimum atomic E-state index is -0.605. The molecule has 5 nitrogen and oxygen atoms in total. The van der Waals surface area contributed by atoms with E-state index in [0.717, 1.165) is 12.8 Å². The number of hydrogen-bond acceptors (Lipinski definition) is 5. The Labute approximate surface area is 116 Å². The molecule has 0 aromatic rings. The van der Waals surface area contributed by atoms with E-state index in [0.29, 0.717) is 39.2 Å². The normalized spacial score (nSPS) is 27.2. The highest BCUT2D eigenvalue weighted by Crippen LogP contribution is 2.28. The van der Waals surface area contributed by atoms with E-state index in [1.54, 1.807) is 7.11 Å². The molecule has 0 radical (unpaired) electrons.